The van der Waals surface area contributed by atoms with Gasteiger partial charge in [0.05, 0.1) is 5.75 Å². The van der Waals surface area contributed by atoms with Crippen molar-refractivity contribution in [3.8, 4) is 0 Å². The fourth-order valence-corrected chi connectivity index (χ4v) is 2.86. The molecular formula is C14H23NO2S. The molecule has 102 valence electrons. The molecule has 0 radical (unpaired) electrons. The van der Waals surface area contributed by atoms with Gasteiger partial charge >= 0.3 is 0 Å². The quantitative estimate of drug-likeness (QED) is 0.827. The fraction of sp³-hybridized carbons (Fsp3) is 0.571. The minimum atomic E-state index is -3.07. The van der Waals surface area contributed by atoms with Gasteiger partial charge in [0, 0.05) is 6.54 Å². The second-order valence-corrected chi connectivity index (χ2v) is 6.79. The number of hydrogen-bond acceptors (Lipinski definition) is 2. The molecule has 0 fully saturated rings. The molecule has 0 aliphatic heterocycles. The van der Waals surface area contributed by atoms with Crippen molar-refractivity contribution in [1.82, 2.24) is 4.72 Å². The molecule has 4 heteroatoms. The molecule has 1 aromatic rings. The molecule has 0 atom stereocenters. The van der Waals surface area contributed by atoms with Crippen molar-refractivity contribution in [2.45, 2.75) is 39.5 Å². The molecule has 18 heavy (non-hydrogen) atoms. The number of rotatable bonds is 7. The molecule has 1 aromatic carbocycles. The van der Waals surface area contributed by atoms with Gasteiger partial charge in [-0.15, -0.1) is 0 Å². The van der Waals surface area contributed by atoms with Gasteiger partial charge in [-0.25, -0.2) is 13.1 Å². The summed E-state index contributed by atoms with van der Waals surface area (Å²) in [5, 5.41) is 0. The zero-order chi connectivity index (χ0) is 13.6. The zero-order valence-corrected chi connectivity index (χ0v) is 12.3. The smallest absolute Gasteiger partial charge is 0.211 e. The van der Waals surface area contributed by atoms with Crippen molar-refractivity contribution in [1.29, 1.82) is 0 Å². The summed E-state index contributed by atoms with van der Waals surface area (Å²) in [6, 6.07) is 8.37. The lowest BCUT2D eigenvalue weighted by atomic mass is 10.0. The molecule has 0 aliphatic rings. The minimum absolute atomic E-state index is 0.208. The first-order valence-corrected chi connectivity index (χ1v) is 8.16. The van der Waals surface area contributed by atoms with Crippen LogP contribution in [0.1, 0.15) is 44.2 Å². The molecule has 1 rings (SSSR count). The maximum absolute atomic E-state index is 11.5. The van der Waals surface area contributed by atoms with Crippen LogP contribution >= 0.6 is 0 Å². The van der Waals surface area contributed by atoms with E-state index in [-0.39, 0.29) is 5.75 Å². The Morgan fingerprint density at radius 2 is 1.78 bits per heavy atom. The molecule has 0 spiro atoms. The van der Waals surface area contributed by atoms with Crippen molar-refractivity contribution in [3.63, 3.8) is 0 Å². The van der Waals surface area contributed by atoms with Crippen LogP contribution in [0.2, 0.25) is 0 Å². The Morgan fingerprint density at radius 1 is 1.17 bits per heavy atom. The van der Waals surface area contributed by atoms with E-state index in [0.29, 0.717) is 18.9 Å². The summed E-state index contributed by atoms with van der Waals surface area (Å²) in [6.45, 7) is 6.66. The van der Waals surface area contributed by atoms with Crippen LogP contribution < -0.4 is 4.72 Å². The average molecular weight is 269 g/mol. The molecular weight excluding hydrogens is 246 g/mol. The van der Waals surface area contributed by atoms with Crippen LogP contribution in [-0.4, -0.2) is 20.7 Å². The highest BCUT2D eigenvalue weighted by atomic mass is 32.2. The molecule has 0 heterocycles. The first-order chi connectivity index (χ1) is 8.44. The molecule has 0 bridgehead atoms. The first-order valence-electron chi connectivity index (χ1n) is 6.51. The van der Waals surface area contributed by atoms with E-state index in [9.17, 15) is 8.42 Å². The maximum Gasteiger partial charge on any atom is 0.211 e. The lowest BCUT2D eigenvalue weighted by molar-refractivity contribution is 0.580. The van der Waals surface area contributed by atoms with Gasteiger partial charge in [-0.1, -0.05) is 45.0 Å². The monoisotopic (exact) mass is 269 g/mol. The van der Waals surface area contributed by atoms with Gasteiger partial charge in [0.2, 0.25) is 10.0 Å². The molecule has 1 N–H and O–H groups in total. The van der Waals surface area contributed by atoms with Crippen molar-refractivity contribution in [2.24, 2.45) is 0 Å². The van der Waals surface area contributed by atoms with E-state index in [1.54, 1.807) is 0 Å². The lowest BCUT2D eigenvalue weighted by Crippen LogP contribution is -2.28. The van der Waals surface area contributed by atoms with E-state index < -0.39 is 10.0 Å². The summed E-state index contributed by atoms with van der Waals surface area (Å²) in [6.07, 6.45) is 1.39. The molecule has 3 nitrogen and oxygen atoms in total. The fourth-order valence-electron chi connectivity index (χ4n) is 1.76. The van der Waals surface area contributed by atoms with E-state index in [0.717, 1.165) is 6.42 Å². The van der Waals surface area contributed by atoms with E-state index in [1.807, 2.05) is 6.92 Å². The van der Waals surface area contributed by atoms with Crippen LogP contribution in [0.3, 0.4) is 0 Å². The second kappa shape index (κ2) is 6.90. The Bertz CT molecular complexity index is 449. The summed E-state index contributed by atoms with van der Waals surface area (Å²) in [5.74, 6) is 0.737. The van der Waals surface area contributed by atoms with E-state index in [4.69, 9.17) is 0 Å². The standard InChI is InChI=1S/C14H23NO2S/c1-4-11-18(16,17)15-10-9-13-5-7-14(8-6-13)12(2)3/h5-8,12,15H,4,9-11H2,1-3H3. The molecule has 0 unspecified atom stereocenters. The SMILES string of the molecule is CCCS(=O)(=O)NCCc1ccc(C(C)C)cc1. The predicted octanol–water partition coefficient (Wildman–Crippen LogP) is 2.68. The Labute approximate surface area is 111 Å². The van der Waals surface area contributed by atoms with Crippen molar-refractivity contribution in [2.75, 3.05) is 12.3 Å². The van der Waals surface area contributed by atoms with Gasteiger partial charge in [0.15, 0.2) is 0 Å². The molecule has 0 saturated carbocycles. The number of hydrogen-bond donors (Lipinski definition) is 1. The highest BCUT2D eigenvalue weighted by Gasteiger charge is 2.07. The summed E-state index contributed by atoms with van der Waals surface area (Å²) >= 11 is 0. The van der Waals surface area contributed by atoms with Crippen LogP contribution in [0.5, 0.6) is 0 Å². The van der Waals surface area contributed by atoms with Gasteiger partial charge in [0.1, 0.15) is 0 Å². The Balaban J connectivity index is 2.45. The third-order valence-electron chi connectivity index (χ3n) is 2.85. The van der Waals surface area contributed by atoms with Gasteiger partial charge in [-0.05, 0) is 29.9 Å². The largest absolute Gasteiger partial charge is 0.215 e. The summed E-state index contributed by atoms with van der Waals surface area (Å²) in [4.78, 5) is 0. The van der Waals surface area contributed by atoms with E-state index in [2.05, 4.69) is 42.8 Å². The van der Waals surface area contributed by atoms with Crippen LogP contribution in [-0.2, 0) is 16.4 Å². The first kappa shape index (κ1) is 15.2. The predicted molar refractivity (Wildman–Crippen MR) is 76.3 cm³/mol. The Morgan fingerprint density at radius 3 is 2.28 bits per heavy atom. The Kier molecular flexibility index (Phi) is 5.82. The van der Waals surface area contributed by atoms with Crippen LogP contribution in [0.4, 0.5) is 0 Å². The second-order valence-electron chi connectivity index (χ2n) is 4.86. The normalized spacial score (nSPS) is 12.0. The van der Waals surface area contributed by atoms with Gasteiger partial charge in [-0.3, -0.25) is 0 Å². The zero-order valence-electron chi connectivity index (χ0n) is 11.4. The van der Waals surface area contributed by atoms with Gasteiger partial charge in [-0.2, -0.15) is 0 Å². The van der Waals surface area contributed by atoms with Crippen LogP contribution in [0, 0.1) is 0 Å². The number of nitrogens with one attached hydrogen (secondary N) is 1. The highest BCUT2D eigenvalue weighted by Crippen LogP contribution is 2.14. The highest BCUT2D eigenvalue weighted by molar-refractivity contribution is 7.89. The topological polar surface area (TPSA) is 46.2 Å². The van der Waals surface area contributed by atoms with Crippen molar-refractivity contribution in [3.05, 3.63) is 35.4 Å². The van der Waals surface area contributed by atoms with E-state index in [1.165, 1.54) is 11.1 Å². The van der Waals surface area contributed by atoms with Crippen LogP contribution in [0.15, 0.2) is 24.3 Å². The third-order valence-corrected chi connectivity index (χ3v) is 4.44. The lowest BCUT2D eigenvalue weighted by Gasteiger charge is -2.08. The maximum atomic E-state index is 11.5. The summed E-state index contributed by atoms with van der Waals surface area (Å²) in [5.41, 5.74) is 2.48. The Hall–Kier alpha value is -0.870. The van der Waals surface area contributed by atoms with Gasteiger partial charge < -0.3 is 0 Å². The average Bonchev–Trinajstić information content (AvgIpc) is 2.29. The van der Waals surface area contributed by atoms with Gasteiger partial charge in [0.25, 0.3) is 0 Å². The molecule has 0 amide bonds. The minimum Gasteiger partial charge on any atom is -0.215 e. The number of sulfonamides is 1. The number of benzene rings is 1. The molecule has 0 aromatic heterocycles. The van der Waals surface area contributed by atoms with E-state index >= 15 is 0 Å². The van der Waals surface area contributed by atoms with Crippen LogP contribution in [0.25, 0.3) is 0 Å². The molecule has 0 aliphatic carbocycles. The van der Waals surface area contributed by atoms with Crippen molar-refractivity contribution >= 4 is 10.0 Å². The third kappa shape index (κ3) is 5.19. The van der Waals surface area contributed by atoms with Crippen molar-refractivity contribution < 1.29 is 8.42 Å². The summed E-state index contributed by atoms with van der Waals surface area (Å²) < 4.78 is 25.5. The summed E-state index contributed by atoms with van der Waals surface area (Å²) in [7, 11) is -3.07. The molecule has 0 saturated heterocycles.